The molecule has 1 aliphatic carbocycles. The summed E-state index contributed by atoms with van der Waals surface area (Å²) in [6, 6.07) is 0.249. The van der Waals surface area contributed by atoms with Crippen LogP contribution in [0.25, 0.3) is 0 Å². The Morgan fingerprint density at radius 2 is 1.83 bits per heavy atom. The Morgan fingerprint density at radius 1 is 1.11 bits per heavy atom. The predicted octanol–water partition coefficient (Wildman–Crippen LogP) is 0.861. The van der Waals surface area contributed by atoms with Crippen molar-refractivity contribution in [3.05, 3.63) is 0 Å². The van der Waals surface area contributed by atoms with Crippen molar-refractivity contribution in [3.8, 4) is 0 Å². The molecule has 2 rings (SSSR count). The van der Waals surface area contributed by atoms with Crippen LogP contribution in [0.4, 0.5) is 0 Å². The summed E-state index contributed by atoms with van der Waals surface area (Å²) in [6.07, 6.45) is 7.18. The summed E-state index contributed by atoms with van der Waals surface area (Å²) in [5.74, 6) is 0.0383. The minimum absolute atomic E-state index is 0.00116. The van der Waals surface area contributed by atoms with Crippen LogP contribution in [0.15, 0.2) is 0 Å². The molecule has 2 aliphatic rings. The van der Waals surface area contributed by atoms with Gasteiger partial charge in [-0.3, -0.25) is 4.79 Å². The van der Waals surface area contributed by atoms with Crippen LogP contribution in [0.5, 0.6) is 0 Å². The molecular formula is C12H22N2O3S. The molecule has 1 saturated heterocycles. The van der Waals surface area contributed by atoms with Crippen LogP contribution in [0.1, 0.15) is 44.9 Å². The molecule has 1 heterocycles. The largest absolute Gasteiger partial charge is 0.352 e. The highest BCUT2D eigenvalue weighted by atomic mass is 32.2. The van der Waals surface area contributed by atoms with E-state index in [1.54, 1.807) is 0 Å². The Balaban J connectivity index is 1.82. The first kappa shape index (κ1) is 13.8. The summed E-state index contributed by atoms with van der Waals surface area (Å²) >= 11 is 0. The molecule has 1 aliphatic heterocycles. The van der Waals surface area contributed by atoms with Gasteiger partial charge < -0.3 is 5.32 Å². The molecule has 0 aromatic rings. The minimum atomic E-state index is -3.19. The highest BCUT2D eigenvalue weighted by Crippen LogP contribution is 2.18. The third-order valence-electron chi connectivity index (χ3n) is 3.74. The van der Waals surface area contributed by atoms with Crippen LogP contribution in [-0.2, 0) is 14.8 Å². The van der Waals surface area contributed by atoms with Crippen molar-refractivity contribution in [2.75, 3.05) is 18.8 Å². The van der Waals surface area contributed by atoms with E-state index in [0.29, 0.717) is 13.0 Å². The Bertz CT molecular complexity index is 388. The molecule has 1 N–H and O–H groups in total. The molecule has 2 fully saturated rings. The van der Waals surface area contributed by atoms with Gasteiger partial charge in [0.25, 0.3) is 0 Å². The number of hydrogen-bond acceptors (Lipinski definition) is 3. The van der Waals surface area contributed by atoms with Crippen LogP contribution >= 0.6 is 0 Å². The Morgan fingerprint density at radius 3 is 2.50 bits per heavy atom. The first-order valence-corrected chi connectivity index (χ1v) is 8.46. The van der Waals surface area contributed by atoms with E-state index in [-0.39, 0.29) is 24.2 Å². The van der Waals surface area contributed by atoms with E-state index in [4.69, 9.17) is 0 Å². The van der Waals surface area contributed by atoms with Crippen molar-refractivity contribution in [2.24, 2.45) is 0 Å². The zero-order valence-corrected chi connectivity index (χ0v) is 11.5. The lowest BCUT2D eigenvalue weighted by Crippen LogP contribution is -2.47. The highest BCUT2D eigenvalue weighted by molar-refractivity contribution is 7.89. The van der Waals surface area contributed by atoms with Crippen LogP contribution in [0.3, 0.4) is 0 Å². The summed E-state index contributed by atoms with van der Waals surface area (Å²) in [5, 5.41) is 2.96. The van der Waals surface area contributed by atoms with Crippen LogP contribution in [0, 0.1) is 0 Å². The minimum Gasteiger partial charge on any atom is -0.352 e. The van der Waals surface area contributed by atoms with Crippen molar-refractivity contribution in [3.63, 3.8) is 0 Å². The maximum absolute atomic E-state index is 11.9. The van der Waals surface area contributed by atoms with Gasteiger partial charge in [0, 0.05) is 12.6 Å². The number of nitrogens with zero attached hydrogens (tertiary/aromatic N) is 1. The maximum atomic E-state index is 11.9. The topological polar surface area (TPSA) is 66.5 Å². The molecule has 0 aromatic carbocycles. The number of amides is 1. The van der Waals surface area contributed by atoms with Gasteiger partial charge in [-0.05, 0) is 25.7 Å². The summed E-state index contributed by atoms with van der Waals surface area (Å²) in [5.41, 5.74) is 0. The molecule has 1 saturated carbocycles. The number of carbonyl (C=O) groups is 1. The summed E-state index contributed by atoms with van der Waals surface area (Å²) < 4.78 is 24.8. The number of hydrogen-bond donors (Lipinski definition) is 1. The summed E-state index contributed by atoms with van der Waals surface area (Å²) in [6.45, 7) is 0.485. The van der Waals surface area contributed by atoms with Gasteiger partial charge >= 0.3 is 0 Å². The average molecular weight is 274 g/mol. The first-order chi connectivity index (χ1) is 8.58. The van der Waals surface area contributed by atoms with Crippen molar-refractivity contribution < 1.29 is 13.2 Å². The van der Waals surface area contributed by atoms with Gasteiger partial charge in [0.1, 0.15) is 0 Å². The van der Waals surface area contributed by atoms with E-state index >= 15 is 0 Å². The normalized spacial score (nSPS) is 25.8. The molecule has 0 unspecified atom stereocenters. The maximum Gasteiger partial charge on any atom is 0.235 e. The molecule has 5 nitrogen and oxygen atoms in total. The number of rotatable bonds is 3. The Hall–Kier alpha value is -0.620. The van der Waals surface area contributed by atoms with Crippen LogP contribution < -0.4 is 5.32 Å². The first-order valence-electron chi connectivity index (χ1n) is 6.85. The molecular weight excluding hydrogens is 252 g/mol. The fraction of sp³-hybridized carbons (Fsp3) is 0.917. The third-order valence-corrected chi connectivity index (χ3v) is 5.65. The second-order valence-corrected chi connectivity index (χ2v) is 7.35. The fourth-order valence-electron chi connectivity index (χ4n) is 2.70. The van der Waals surface area contributed by atoms with E-state index in [9.17, 15) is 13.2 Å². The molecule has 104 valence electrons. The van der Waals surface area contributed by atoms with Crippen molar-refractivity contribution in [2.45, 2.75) is 51.0 Å². The number of carbonyl (C=O) groups excluding carboxylic acids is 1. The summed E-state index contributed by atoms with van der Waals surface area (Å²) in [7, 11) is -3.19. The molecule has 0 aromatic heterocycles. The van der Waals surface area contributed by atoms with Crippen molar-refractivity contribution in [1.82, 2.24) is 9.62 Å². The van der Waals surface area contributed by atoms with E-state index in [2.05, 4.69) is 5.32 Å². The SMILES string of the molecule is O=C(CN1CCCCS1(=O)=O)NC1CCCCC1. The zero-order chi connectivity index (χ0) is 13.0. The van der Waals surface area contributed by atoms with Gasteiger partial charge in [0.05, 0.1) is 12.3 Å². The smallest absolute Gasteiger partial charge is 0.235 e. The van der Waals surface area contributed by atoms with Gasteiger partial charge in [-0.1, -0.05) is 19.3 Å². The molecule has 1 amide bonds. The number of sulfonamides is 1. The van der Waals surface area contributed by atoms with Crippen molar-refractivity contribution >= 4 is 15.9 Å². The second kappa shape index (κ2) is 6.02. The van der Waals surface area contributed by atoms with Gasteiger partial charge in [-0.25, -0.2) is 8.42 Å². The molecule has 0 bridgehead atoms. The predicted molar refractivity (Wildman–Crippen MR) is 69.6 cm³/mol. The average Bonchev–Trinajstić information content (AvgIpc) is 2.33. The highest BCUT2D eigenvalue weighted by Gasteiger charge is 2.28. The number of nitrogens with one attached hydrogen (secondary N) is 1. The van der Waals surface area contributed by atoms with E-state index in [0.717, 1.165) is 32.1 Å². The molecule has 0 radical (unpaired) electrons. The second-order valence-electron chi connectivity index (χ2n) is 5.26. The van der Waals surface area contributed by atoms with E-state index < -0.39 is 10.0 Å². The molecule has 0 spiro atoms. The van der Waals surface area contributed by atoms with Gasteiger partial charge in [0.15, 0.2) is 0 Å². The zero-order valence-electron chi connectivity index (χ0n) is 10.7. The van der Waals surface area contributed by atoms with Crippen LogP contribution in [0.2, 0.25) is 0 Å². The Labute approximate surface area is 109 Å². The van der Waals surface area contributed by atoms with Gasteiger partial charge in [-0.15, -0.1) is 0 Å². The van der Waals surface area contributed by atoms with E-state index in [1.165, 1.54) is 10.7 Å². The lowest BCUT2D eigenvalue weighted by molar-refractivity contribution is -0.122. The molecule has 18 heavy (non-hydrogen) atoms. The monoisotopic (exact) mass is 274 g/mol. The lowest BCUT2D eigenvalue weighted by Gasteiger charge is -2.27. The summed E-state index contributed by atoms with van der Waals surface area (Å²) in [4.78, 5) is 11.9. The standard InChI is InChI=1S/C12H22N2O3S/c15-12(13-11-6-2-1-3-7-11)10-14-8-4-5-9-18(14,16)17/h11H,1-10H2,(H,13,15). The quantitative estimate of drug-likeness (QED) is 0.830. The Kier molecular flexibility index (Phi) is 4.61. The van der Waals surface area contributed by atoms with Crippen molar-refractivity contribution in [1.29, 1.82) is 0 Å². The lowest BCUT2D eigenvalue weighted by atomic mass is 9.95. The fourth-order valence-corrected chi connectivity index (χ4v) is 4.25. The van der Waals surface area contributed by atoms with Gasteiger partial charge in [0.2, 0.25) is 15.9 Å². The third kappa shape index (κ3) is 3.68. The van der Waals surface area contributed by atoms with Crippen LogP contribution in [-0.4, -0.2) is 43.5 Å². The molecule has 6 heteroatoms. The molecule has 0 atom stereocenters. The van der Waals surface area contributed by atoms with Gasteiger partial charge in [-0.2, -0.15) is 4.31 Å². The van der Waals surface area contributed by atoms with E-state index in [1.807, 2.05) is 0 Å².